The summed E-state index contributed by atoms with van der Waals surface area (Å²) in [5, 5.41) is 0. The van der Waals surface area contributed by atoms with Gasteiger partial charge in [-0.2, -0.15) is 0 Å². The summed E-state index contributed by atoms with van der Waals surface area (Å²) in [7, 11) is 6.08. The molecule has 0 amide bonds. The lowest BCUT2D eigenvalue weighted by Crippen LogP contribution is -2.00. The van der Waals surface area contributed by atoms with Crippen molar-refractivity contribution in [1.82, 2.24) is 0 Å². The molecule has 1 aromatic rings. The van der Waals surface area contributed by atoms with Crippen molar-refractivity contribution < 1.29 is 0 Å². The van der Waals surface area contributed by atoms with Gasteiger partial charge in [0.1, 0.15) is 0 Å². The van der Waals surface area contributed by atoms with Crippen LogP contribution in [0.4, 0.5) is 0 Å². The Bertz CT molecular complexity index is 289. The van der Waals surface area contributed by atoms with E-state index in [1.165, 1.54) is 30.4 Å². The van der Waals surface area contributed by atoms with Crippen molar-refractivity contribution in [3.63, 3.8) is 0 Å². The maximum atomic E-state index is 6.08. The molecule has 0 nitrogen and oxygen atoms in total. The number of hydrogen-bond acceptors (Lipinski definition) is 0. The first-order chi connectivity index (χ1) is 6.81. The van der Waals surface area contributed by atoms with Crippen LogP contribution in [0.3, 0.4) is 0 Å². The van der Waals surface area contributed by atoms with Crippen LogP contribution in [0.25, 0.3) is 0 Å². The summed E-state index contributed by atoms with van der Waals surface area (Å²) in [6.45, 7) is 2.19. The van der Waals surface area contributed by atoms with Gasteiger partial charge in [-0.25, -0.2) is 0 Å². The Labute approximate surface area is 88.1 Å². The van der Waals surface area contributed by atoms with E-state index in [0.29, 0.717) is 11.7 Å². The summed E-state index contributed by atoms with van der Waals surface area (Å²) < 4.78 is 0. The highest BCUT2D eigenvalue weighted by Gasteiger charge is 2.23. The summed E-state index contributed by atoms with van der Waals surface area (Å²) in [4.78, 5) is 0. The van der Waals surface area contributed by atoms with Crippen molar-refractivity contribution in [2.45, 2.75) is 44.3 Å². The summed E-state index contributed by atoms with van der Waals surface area (Å²) in [5.41, 5.74) is 2.85. The van der Waals surface area contributed by atoms with Crippen molar-refractivity contribution in [3.05, 3.63) is 35.4 Å². The molecular weight excluding hydrogens is 167 g/mol. The molecular formula is C13H17B. The second-order valence-electron chi connectivity index (χ2n) is 4.30. The van der Waals surface area contributed by atoms with E-state index in [2.05, 4.69) is 31.2 Å². The van der Waals surface area contributed by atoms with Gasteiger partial charge in [-0.1, -0.05) is 49.8 Å². The van der Waals surface area contributed by atoms with Crippen molar-refractivity contribution in [2.24, 2.45) is 0 Å². The van der Waals surface area contributed by atoms with E-state index >= 15 is 0 Å². The van der Waals surface area contributed by atoms with Gasteiger partial charge >= 0.3 is 0 Å². The van der Waals surface area contributed by atoms with Gasteiger partial charge < -0.3 is 0 Å². The normalized spacial score (nSPS) is 26.6. The van der Waals surface area contributed by atoms with Crippen molar-refractivity contribution in [2.75, 3.05) is 0 Å². The lowest BCUT2D eigenvalue weighted by atomic mass is 9.76. The largest absolute Gasteiger partial charge is 0.0707 e. The van der Waals surface area contributed by atoms with Crippen LogP contribution < -0.4 is 0 Å². The maximum absolute atomic E-state index is 6.08. The zero-order valence-corrected chi connectivity index (χ0v) is 8.87. The van der Waals surface area contributed by atoms with Gasteiger partial charge in [0.2, 0.25) is 0 Å². The van der Waals surface area contributed by atoms with Crippen LogP contribution in [-0.4, -0.2) is 7.85 Å². The van der Waals surface area contributed by atoms with Gasteiger partial charge in [0.25, 0.3) is 0 Å². The van der Waals surface area contributed by atoms with Gasteiger partial charge in [-0.05, 0) is 29.9 Å². The molecule has 2 unspecified atom stereocenters. The predicted molar refractivity (Wildman–Crippen MR) is 61.9 cm³/mol. The van der Waals surface area contributed by atoms with Crippen molar-refractivity contribution >= 4 is 7.85 Å². The highest BCUT2D eigenvalue weighted by atomic mass is 14.3. The van der Waals surface area contributed by atoms with Crippen LogP contribution in [0, 0.1) is 0 Å². The van der Waals surface area contributed by atoms with E-state index in [4.69, 9.17) is 7.85 Å². The molecule has 14 heavy (non-hydrogen) atoms. The molecule has 0 heterocycles. The molecule has 2 radical (unpaired) electrons. The Hall–Kier alpha value is -0.715. The van der Waals surface area contributed by atoms with E-state index in [9.17, 15) is 0 Å². The first kappa shape index (κ1) is 9.83. The third-order valence-electron chi connectivity index (χ3n) is 3.39. The fourth-order valence-electron chi connectivity index (χ4n) is 2.40. The van der Waals surface area contributed by atoms with E-state index in [1.807, 2.05) is 0 Å². The van der Waals surface area contributed by atoms with Crippen LogP contribution in [0.15, 0.2) is 24.3 Å². The minimum absolute atomic E-state index is 0.391. The monoisotopic (exact) mass is 184 g/mol. The zero-order chi connectivity index (χ0) is 9.97. The van der Waals surface area contributed by atoms with Crippen molar-refractivity contribution in [1.29, 1.82) is 0 Å². The molecule has 72 valence electrons. The standard InChI is InChI=1S/C13H17B/c1-2-10-6-8-11(9-7-10)12-4-3-5-13(12)14/h6-9,12-13H,2-5H2,1H3. The Morgan fingerprint density at radius 2 is 1.93 bits per heavy atom. The second kappa shape index (κ2) is 4.21. The second-order valence-corrected chi connectivity index (χ2v) is 4.30. The van der Waals surface area contributed by atoms with Crippen LogP contribution in [0.1, 0.15) is 43.2 Å². The first-order valence-electron chi connectivity index (χ1n) is 5.65. The molecule has 1 fully saturated rings. The SMILES string of the molecule is [B]C1CCCC1c1ccc(CC)cc1. The zero-order valence-electron chi connectivity index (χ0n) is 8.87. The highest BCUT2D eigenvalue weighted by Crippen LogP contribution is 2.41. The topological polar surface area (TPSA) is 0 Å². The highest BCUT2D eigenvalue weighted by molar-refractivity contribution is 6.12. The predicted octanol–water partition coefficient (Wildman–Crippen LogP) is 3.47. The number of benzene rings is 1. The lowest BCUT2D eigenvalue weighted by Gasteiger charge is -2.16. The quantitative estimate of drug-likeness (QED) is 0.617. The maximum Gasteiger partial charge on any atom is 0.0707 e. The van der Waals surface area contributed by atoms with Gasteiger partial charge in [-0.15, -0.1) is 0 Å². The Morgan fingerprint density at radius 3 is 2.43 bits per heavy atom. The van der Waals surface area contributed by atoms with Crippen molar-refractivity contribution in [3.8, 4) is 0 Å². The van der Waals surface area contributed by atoms with E-state index in [1.54, 1.807) is 0 Å². The molecule has 2 atom stereocenters. The Morgan fingerprint density at radius 1 is 1.21 bits per heavy atom. The molecule has 2 rings (SSSR count). The molecule has 1 aromatic carbocycles. The minimum Gasteiger partial charge on any atom is -0.0706 e. The summed E-state index contributed by atoms with van der Waals surface area (Å²) >= 11 is 0. The average Bonchev–Trinajstić information content (AvgIpc) is 2.65. The third kappa shape index (κ3) is 1.87. The molecule has 0 N–H and O–H groups in total. The molecule has 1 aliphatic carbocycles. The molecule has 0 aromatic heterocycles. The van der Waals surface area contributed by atoms with Gasteiger partial charge in [-0.3, -0.25) is 0 Å². The molecule has 0 saturated heterocycles. The van der Waals surface area contributed by atoms with E-state index < -0.39 is 0 Å². The number of rotatable bonds is 2. The van der Waals surface area contributed by atoms with Crippen LogP contribution in [0.2, 0.25) is 5.82 Å². The number of hydrogen-bond donors (Lipinski definition) is 0. The van der Waals surface area contributed by atoms with Gasteiger partial charge in [0, 0.05) is 0 Å². The number of aryl methyl sites for hydroxylation is 1. The smallest absolute Gasteiger partial charge is 0.0706 e. The van der Waals surface area contributed by atoms with Crippen LogP contribution >= 0.6 is 0 Å². The van der Waals surface area contributed by atoms with E-state index in [0.717, 1.165) is 6.42 Å². The minimum atomic E-state index is 0.391. The lowest BCUT2D eigenvalue weighted by molar-refractivity contribution is 0.721. The molecule has 0 aliphatic heterocycles. The average molecular weight is 184 g/mol. The fraction of sp³-hybridized carbons (Fsp3) is 0.538. The molecule has 1 saturated carbocycles. The summed E-state index contributed by atoms with van der Waals surface area (Å²) in [6, 6.07) is 8.99. The molecule has 0 bridgehead atoms. The van der Waals surface area contributed by atoms with Gasteiger partial charge in [0.15, 0.2) is 0 Å². The Kier molecular flexibility index (Phi) is 2.95. The Balaban J connectivity index is 2.16. The van der Waals surface area contributed by atoms with Gasteiger partial charge in [0.05, 0.1) is 7.85 Å². The van der Waals surface area contributed by atoms with E-state index in [-0.39, 0.29) is 0 Å². The first-order valence-corrected chi connectivity index (χ1v) is 5.65. The molecule has 1 heteroatoms. The van der Waals surface area contributed by atoms with Crippen LogP contribution in [-0.2, 0) is 6.42 Å². The third-order valence-corrected chi connectivity index (χ3v) is 3.39. The molecule has 1 aliphatic rings. The summed E-state index contributed by atoms with van der Waals surface area (Å²) in [6.07, 6.45) is 4.88. The summed E-state index contributed by atoms with van der Waals surface area (Å²) in [5.74, 6) is 1.00. The fourth-order valence-corrected chi connectivity index (χ4v) is 2.40. The van der Waals surface area contributed by atoms with Crippen LogP contribution in [0.5, 0.6) is 0 Å². The molecule has 0 spiro atoms.